The Balaban J connectivity index is 1.84. The third-order valence-electron chi connectivity index (χ3n) is 3.73. The third kappa shape index (κ3) is 2.77. The summed E-state index contributed by atoms with van der Waals surface area (Å²) in [6, 6.07) is 9.39. The number of hydrogen-bond acceptors (Lipinski definition) is 4. The SMILES string of the molecule is Fc1ccc(-c2cnc3nc(C(F)(F)F)cnn23)cc1-c1ccccn1. The van der Waals surface area contributed by atoms with Gasteiger partial charge in [0.25, 0.3) is 5.78 Å². The van der Waals surface area contributed by atoms with Gasteiger partial charge in [-0.3, -0.25) is 4.98 Å². The van der Waals surface area contributed by atoms with Gasteiger partial charge < -0.3 is 0 Å². The normalized spacial score (nSPS) is 11.8. The second-order valence-corrected chi connectivity index (χ2v) is 5.40. The molecule has 9 heteroatoms. The lowest BCUT2D eigenvalue weighted by Gasteiger charge is -2.07. The van der Waals surface area contributed by atoms with Gasteiger partial charge in [-0.15, -0.1) is 0 Å². The van der Waals surface area contributed by atoms with Crippen molar-refractivity contribution in [2.45, 2.75) is 6.18 Å². The van der Waals surface area contributed by atoms with Gasteiger partial charge in [-0.25, -0.2) is 14.4 Å². The van der Waals surface area contributed by atoms with Crippen molar-refractivity contribution >= 4 is 5.78 Å². The molecule has 3 heterocycles. The monoisotopic (exact) mass is 359 g/mol. The van der Waals surface area contributed by atoms with E-state index in [0.29, 0.717) is 23.1 Å². The highest BCUT2D eigenvalue weighted by Gasteiger charge is 2.33. The number of nitrogens with zero attached hydrogens (tertiary/aromatic N) is 5. The maximum atomic E-state index is 14.2. The molecular weight excluding hydrogens is 350 g/mol. The minimum Gasteiger partial charge on any atom is -0.256 e. The molecule has 0 unspecified atom stereocenters. The lowest BCUT2D eigenvalue weighted by atomic mass is 10.1. The topological polar surface area (TPSA) is 56.0 Å². The molecule has 0 bridgehead atoms. The predicted molar refractivity (Wildman–Crippen MR) is 84.4 cm³/mol. The van der Waals surface area contributed by atoms with Crippen molar-refractivity contribution in [1.29, 1.82) is 0 Å². The smallest absolute Gasteiger partial charge is 0.256 e. The van der Waals surface area contributed by atoms with Gasteiger partial charge in [0.2, 0.25) is 0 Å². The van der Waals surface area contributed by atoms with Crippen LogP contribution in [0, 0.1) is 5.82 Å². The van der Waals surface area contributed by atoms with Crippen LogP contribution >= 0.6 is 0 Å². The van der Waals surface area contributed by atoms with E-state index in [9.17, 15) is 17.6 Å². The number of rotatable bonds is 2. The van der Waals surface area contributed by atoms with E-state index < -0.39 is 17.7 Å². The Labute approximate surface area is 144 Å². The zero-order chi connectivity index (χ0) is 18.3. The summed E-state index contributed by atoms with van der Waals surface area (Å²) in [6.07, 6.45) is -1.10. The molecular formula is C17H9F4N5. The number of imidazole rings is 1. The van der Waals surface area contributed by atoms with Crippen LogP contribution in [0.2, 0.25) is 0 Å². The van der Waals surface area contributed by atoms with Crippen molar-refractivity contribution in [2.24, 2.45) is 0 Å². The molecule has 0 aliphatic heterocycles. The van der Waals surface area contributed by atoms with Crippen LogP contribution in [0.15, 0.2) is 55.0 Å². The minimum absolute atomic E-state index is 0.196. The van der Waals surface area contributed by atoms with Crippen molar-refractivity contribution in [3.63, 3.8) is 0 Å². The number of fused-ring (bicyclic) bond motifs is 1. The van der Waals surface area contributed by atoms with Crippen molar-refractivity contribution in [1.82, 2.24) is 24.6 Å². The molecule has 0 saturated heterocycles. The first kappa shape index (κ1) is 16.1. The Morgan fingerprint density at radius 2 is 1.81 bits per heavy atom. The van der Waals surface area contributed by atoms with E-state index in [2.05, 4.69) is 20.1 Å². The molecule has 0 saturated carbocycles. The predicted octanol–water partition coefficient (Wildman–Crippen LogP) is 4.01. The second-order valence-electron chi connectivity index (χ2n) is 5.40. The second kappa shape index (κ2) is 5.87. The first-order valence-corrected chi connectivity index (χ1v) is 7.43. The van der Waals surface area contributed by atoms with Gasteiger partial charge in [-0.2, -0.15) is 22.8 Å². The van der Waals surface area contributed by atoms with Crippen LogP contribution in [0.25, 0.3) is 28.3 Å². The average molecular weight is 359 g/mol. The summed E-state index contributed by atoms with van der Waals surface area (Å²) < 4.78 is 53.6. The summed E-state index contributed by atoms with van der Waals surface area (Å²) in [4.78, 5) is 11.5. The molecule has 3 aromatic heterocycles. The molecule has 4 aromatic rings. The number of pyridine rings is 1. The van der Waals surface area contributed by atoms with Crippen LogP contribution in [0.4, 0.5) is 17.6 Å². The van der Waals surface area contributed by atoms with Gasteiger partial charge in [-0.05, 0) is 30.3 Å². The fraction of sp³-hybridized carbons (Fsp3) is 0.0588. The quantitative estimate of drug-likeness (QED) is 0.508. The zero-order valence-corrected chi connectivity index (χ0v) is 12.9. The average Bonchev–Trinajstić information content (AvgIpc) is 3.05. The third-order valence-corrected chi connectivity index (χ3v) is 3.73. The highest BCUT2D eigenvalue weighted by molar-refractivity contribution is 5.70. The van der Waals surface area contributed by atoms with Gasteiger partial charge in [0.05, 0.1) is 23.8 Å². The van der Waals surface area contributed by atoms with Crippen LogP contribution in [-0.2, 0) is 6.18 Å². The summed E-state index contributed by atoms with van der Waals surface area (Å²) in [5.41, 5.74) is 0.478. The molecule has 1 aromatic carbocycles. The lowest BCUT2D eigenvalue weighted by Crippen LogP contribution is -2.11. The van der Waals surface area contributed by atoms with E-state index in [0.717, 1.165) is 0 Å². The van der Waals surface area contributed by atoms with E-state index in [1.54, 1.807) is 30.5 Å². The first-order valence-electron chi connectivity index (χ1n) is 7.43. The number of alkyl halides is 3. The molecule has 4 rings (SSSR count). The Morgan fingerprint density at radius 3 is 2.54 bits per heavy atom. The Morgan fingerprint density at radius 1 is 0.962 bits per heavy atom. The lowest BCUT2D eigenvalue weighted by molar-refractivity contribution is -0.141. The summed E-state index contributed by atoms with van der Waals surface area (Å²) in [5.74, 6) is -0.662. The molecule has 0 aliphatic carbocycles. The van der Waals surface area contributed by atoms with Crippen LogP contribution in [0.5, 0.6) is 0 Å². The number of hydrogen-bond donors (Lipinski definition) is 0. The standard InChI is InChI=1S/C17H9F4N5/c18-12-5-4-10(7-11(12)13-3-1-2-6-22-13)14-8-23-16-25-15(17(19,20)21)9-24-26(14)16/h1-9H. The van der Waals surface area contributed by atoms with Crippen molar-refractivity contribution in [3.8, 4) is 22.5 Å². The summed E-state index contributed by atoms with van der Waals surface area (Å²) in [7, 11) is 0. The highest BCUT2D eigenvalue weighted by Crippen LogP contribution is 2.30. The Bertz CT molecular complexity index is 1090. The number of benzene rings is 1. The van der Waals surface area contributed by atoms with Crippen molar-refractivity contribution < 1.29 is 17.6 Å². The highest BCUT2D eigenvalue weighted by atomic mass is 19.4. The van der Waals surface area contributed by atoms with Crippen LogP contribution in [0.1, 0.15) is 5.69 Å². The summed E-state index contributed by atoms with van der Waals surface area (Å²) in [6.45, 7) is 0. The van der Waals surface area contributed by atoms with Crippen molar-refractivity contribution in [3.05, 3.63) is 66.5 Å². The molecule has 0 fully saturated rings. The maximum Gasteiger partial charge on any atom is 0.435 e. The van der Waals surface area contributed by atoms with E-state index in [4.69, 9.17) is 0 Å². The summed E-state index contributed by atoms with van der Waals surface area (Å²) in [5, 5.41) is 3.77. The number of halogens is 4. The molecule has 26 heavy (non-hydrogen) atoms. The van der Waals surface area contributed by atoms with Crippen LogP contribution in [0.3, 0.4) is 0 Å². The fourth-order valence-electron chi connectivity index (χ4n) is 2.51. The van der Waals surface area contributed by atoms with Crippen LogP contribution < -0.4 is 0 Å². The Kier molecular flexibility index (Phi) is 3.64. The van der Waals surface area contributed by atoms with E-state index >= 15 is 0 Å². The number of aromatic nitrogens is 5. The molecule has 130 valence electrons. The van der Waals surface area contributed by atoms with Gasteiger partial charge in [0, 0.05) is 17.3 Å². The van der Waals surface area contributed by atoms with Gasteiger partial charge in [0.1, 0.15) is 5.82 Å². The zero-order valence-electron chi connectivity index (χ0n) is 12.9. The van der Waals surface area contributed by atoms with Gasteiger partial charge in [-0.1, -0.05) is 6.07 Å². The van der Waals surface area contributed by atoms with Crippen LogP contribution in [-0.4, -0.2) is 24.6 Å². The molecule has 0 aliphatic rings. The van der Waals surface area contributed by atoms with E-state index in [-0.39, 0.29) is 11.3 Å². The first-order chi connectivity index (χ1) is 12.4. The van der Waals surface area contributed by atoms with E-state index in [1.807, 2.05) is 0 Å². The molecule has 0 amide bonds. The molecule has 0 atom stereocenters. The maximum absolute atomic E-state index is 14.2. The Hall–Kier alpha value is -3.36. The fourth-order valence-corrected chi connectivity index (χ4v) is 2.51. The molecule has 0 N–H and O–H groups in total. The van der Waals surface area contributed by atoms with Crippen molar-refractivity contribution in [2.75, 3.05) is 0 Å². The molecule has 0 spiro atoms. The largest absolute Gasteiger partial charge is 0.435 e. The summed E-state index contributed by atoms with van der Waals surface area (Å²) >= 11 is 0. The van der Waals surface area contributed by atoms with Gasteiger partial charge >= 0.3 is 6.18 Å². The molecule has 0 radical (unpaired) electrons. The minimum atomic E-state index is -4.61. The van der Waals surface area contributed by atoms with Gasteiger partial charge in [0.15, 0.2) is 5.69 Å². The van der Waals surface area contributed by atoms with E-state index in [1.165, 1.54) is 22.8 Å². The molecule has 5 nitrogen and oxygen atoms in total.